The average molecular weight is 422 g/mol. The summed E-state index contributed by atoms with van der Waals surface area (Å²) in [5.41, 5.74) is 4.97. The highest BCUT2D eigenvalue weighted by atomic mass is 16.5. The van der Waals surface area contributed by atoms with Gasteiger partial charge in [0, 0.05) is 0 Å². The maximum absolute atomic E-state index is 12.5. The highest BCUT2D eigenvalue weighted by Gasteiger charge is 2.15. The SMILES string of the molecule is N/N=C/NC(=O)Cc1c(-c2ccccc2)cccc1-c1ccc(Oc2ccccc2)cc1. The molecule has 0 atom stereocenters. The number of benzene rings is 4. The molecule has 0 unspecified atom stereocenters. The predicted molar refractivity (Wildman–Crippen MR) is 128 cm³/mol. The van der Waals surface area contributed by atoms with Crippen LogP contribution >= 0.6 is 0 Å². The van der Waals surface area contributed by atoms with E-state index in [-0.39, 0.29) is 12.3 Å². The molecule has 0 saturated carbocycles. The van der Waals surface area contributed by atoms with Crippen LogP contribution in [0, 0.1) is 0 Å². The molecule has 32 heavy (non-hydrogen) atoms. The van der Waals surface area contributed by atoms with Crippen molar-refractivity contribution in [2.24, 2.45) is 10.9 Å². The molecule has 0 aliphatic rings. The Morgan fingerprint density at radius 1 is 0.750 bits per heavy atom. The summed E-state index contributed by atoms with van der Waals surface area (Å²) in [6.07, 6.45) is 1.39. The number of ether oxygens (including phenoxy) is 1. The van der Waals surface area contributed by atoms with E-state index in [9.17, 15) is 4.79 Å². The second kappa shape index (κ2) is 10.1. The van der Waals surface area contributed by atoms with Gasteiger partial charge in [0.15, 0.2) is 0 Å². The standard InChI is InChI=1S/C27H23N3O2/c28-30-19-29-27(31)18-26-24(20-8-3-1-4-9-20)12-7-13-25(26)21-14-16-23(17-15-21)32-22-10-5-2-6-11-22/h1-17,19H,18,28H2,(H,29,30,31). The van der Waals surface area contributed by atoms with Crippen molar-refractivity contribution in [1.29, 1.82) is 0 Å². The van der Waals surface area contributed by atoms with Crippen LogP contribution in [0.5, 0.6) is 11.5 Å². The maximum atomic E-state index is 12.5. The highest BCUT2D eigenvalue weighted by Crippen LogP contribution is 2.34. The number of hydrogen-bond donors (Lipinski definition) is 2. The fourth-order valence-electron chi connectivity index (χ4n) is 3.58. The van der Waals surface area contributed by atoms with Crippen molar-refractivity contribution >= 4 is 12.2 Å². The fraction of sp³-hybridized carbons (Fsp3) is 0.0370. The summed E-state index contributed by atoms with van der Waals surface area (Å²) in [6.45, 7) is 0. The van der Waals surface area contributed by atoms with Gasteiger partial charge in [0.25, 0.3) is 0 Å². The van der Waals surface area contributed by atoms with E-state index in [2.05, 4.69) is 10.4 Å². The number of carbonyl (C=O) groups excluding carboxylic acids is 1. The van der Waals surface area contributed by atoms with Crippen molar-refractivity contribution in [3.8, 4) is 33.8 Å². The van der Waals surface area contributed by atoms with Crippen LogP contribution in [-0.2, 0) is 11.2 Å². The van der Waals surface area contributed by atoms with Crippen molar-refractivity contribution in [3.05, 3.63) is 109 Å². The number of nitrogens with zero attached hydrogens (tertiary/aromatic N) is 1. The first-order valence-corrected chi connectivity index (χ1v) is 10.3. The van der Waals surface area contributed by atoms with Crippen molar-refractivity contribution in [2.45, 2.75) is 6.42 Å². The minimum atomic E-state index is -0.187. The first-order chi connectivity index (χ1) is 15.7. The van der Waals surface area contributed by atoms with Gasteiger partial charge in [-0.1, -0.05) is 78.9 Å². The van der Waals surface area contributed by atoms with Crippen LogP contribution < -0.4 is 15.9 Å². The third kappa shape index (κ3) is 5.02. The quantitative estimate of drug-likeness (QED) is 0.182. The normalized spacial score (nSPS) is 10.8. The van der Waals surface area contributed by atoms with Gasteiger partial charge in [-0.05, 0) is 52.1 Å². The van der Waals surface area contributed by atoms with Gasteiger partial charge in [0.05, 0.1) is 6.42 Å². The van der Waals surface area contributed by atoms with Crippen LogP contribution in [0.15, 0.2) is 108 Å². The van der Waals surface area contributed by atoms with Crippen LogP contribution in [-0.4, -0.2) is 12.2 Å². The molecule has 0 aliphatic heterocycles. The largest absolute Gasteiger partial charge is 0.457 e. The number of amides is 1. The lowest BCUT2D eigenvalue weighted by Crippen LogP contribution is -2.24. The van der Waals surface area contributed by atoms with E-state index in [4.69, 9.17) is 10.6 Å². The Labute approximate surface area is 187 Å². The zero-order valence-corrected chi connectivity index (χ0v) is 17.4. The van der Waals surface area contributed by atoms with Gasteiger partial charge in [0.2, 0.25) is 5.91 Å². The zero-order valence-electron chi connectivity index (χ0n) is 17.4. The molecule has 0 spiro atoms. The number of nitrogens with two attached hydrogens (primary N) is 1. The summed E-state index contributed by atoms with van der Waals surface area (Å²) in [7, 11) is 0. The Hall–Kier alpha value is -4.38. The van der Waals surface area contributed by atoms with E-state index in [0.717, 1.165) is 39.3 Å². The summed E-state index contributed by atoms with van der Waals surface area (Å²) < 4.78 is 5.91. The molecule has 3 N–H and O–H groups in total. The number of hydrogen-bond acceptors (Lipinski definition) is 4. The molecule has 1 amide bonds. The second-order valence-electron chi connectivity index (χ2n) is 7.16. The molecule has 5 heteroatoms. The van der Waals surface area contributed by atoms with Gasteiger partial charge < -0.3 is 15.9 Å². The van der Waals surface area contributed by atoms with E-state index in [1.807, 2.05) is 103 Å². The van der Waals surface area contributed by atoms with E-state index >= 15 is 0 Å². The summed E-state index contributed by atoms with van der Waals surface area (Å²) in [6, 6.07) is 33.6. The Bertz CT molecular complexity index is 1200. The second-order valence-corrected chi connectivity index (χ2v) is 7.16. The first-order valence-electron chi connectivity index (χ1n) is 10.3. The molecule has 0 aromatic heterocycles. The fourth-order valence-corrected chi connectivity index (χ4v) is 3.58. The lowest BCUT2D eigenvalue weighted by atomic mass is 9.90. The molecule has 0 heterocycles. The molecule has 4 rings (SSSR count). The maximum Gasteiger partial charge on any atom is 0.229 e. The molecule has 0 aliphatic carbocycles. The van der Waals surface area contributed by atoms with Gasteiger partial charge in [-0.15, -0.1) is 0 Å². The van der Waals surface area contributed by atoms with Crippen LogP contribution in [0.25, 0.3) is 22.3 Å². The molecule has 5 nitrogen and oxygen atoms in total. The number of rotatable bonds is 7. The predicted octanol–water partition coefficient (Wildman–Crippen LogP) is 5.37. The molecular formula is C27H23N3O2. The van der Waals surface area contributed by atoms with Gasteiger partial charge in [-0.2, -0.15) is 5.10 Å². The molecule has 0 fully saturated rings. The van der Waals surface area contributed by atoms with E-state index in [1.54, 1.807) is 0 Å². The van der Waals surface area contributed by atoms with E-state index < -0.39 is 0 Å². The molecular weight excluding hydrogens is 398 g/mol. The Balaban J connectivity index is 1.70. The zero-order chi connectivity index (χ0) is 22.2. The average Bonchev–Trinajstić information content (AvgIpc) is 2.85. The summed E-state index contributed by atoms with van der Waals surface area (Å²) >= 11 is 0. The molecule has 4 aromatic rings. The third-order valence-electron chi connectivity index (χ3n) is 5.04. The van der Waals surface area contributed by atoms with Crippen molar-refractivity contribution < 1.29 is 9.53 Å². The molecule has 0 radical (unpaired) electrons. The van der Waals surface area contributed by atoms with Crippen molar-refractivity contribution in [2.75, 3.05) is 0 Å². The first kappa shape index (κ1) is 20.9. The van der Waals surface area contributed by atoms with Gasteiger partial charge >= 0.3 is 0 Å². The summed E-state index contributed by atoms with van der Waals surface area (Å²) in [5.74, 6) is 6.47. The number of carbonyl (C=O) groups is 1. The van der Waals surface area contributed by atoms with Crippen LogP contribution in [0.1, 0.15) is 5.56 Å². The summed E-state index contributed by atoms with van der Waals surface area (Å²) in [4.78, 5) is 12.5. The minimum absolute atomic E-state index is 0.187. The number of para-hydroxylation sites is 1. The van der Waals surface area contributed by atoms with Crippen LogP contribution in [0.4, 0.5) is 0 Å². The van der Waals surface area contributed by atoms with Gasteiger partial charge in [-0.3, -0.25) is 4.79 Å². The van der Waals surface area contributed by atoms with E-state index in [0.29, 0.717) is 0 Å². The Morgan fingerprint density at radius 3 is 1.94 bits per heavy atom. The number of nitrogens with one attached hydrogen (secondary N) is 1. The topological polar surface area (TPSA) is 76.7 Å². The highest BCUT2D eigenvalue weighted by molar-refractivity contribution is 5.92. The summed E-state index contributed by atoms with van der Waals surface area (Å²) in [5, 5.41) is 5.95. The Morgan fingerprint density at radius 2 is 1.31 bits per heavy atom. The molecule has 0 saturated heterocycles. The third-order valence-corrected chi connectivity index (χ3v) is 5.04. The minimum Gasteiger partial charge on any atom is -0.457 e. The number of hydrazone groups is 1. The van der Waals surface area contributed by atoms with Crippen LogP contribution in [0.2, 0.25) is 0 Å². The van der Waals surface area contributed by atoms with Crippen molar-refractivity contribution in [1.82, 2.24) is 5.32 Å². The lowest BCUT2D eigenvalue weighted by Gasteiger charge is -2.16. The van der Waals surface area contributed by atoms with Gasteiger partial charge in [0.1, 0.15) is 17.8 Å². The smallest absolute Gasteiger partial charge is 0.229 e. The lowest BCUT2D eigenvalue weighted by molar-refractivity contribution is -0.118. The Kier molecular flexibility index (Phi) is 6.58. The molecule has 158 valence electrons. The van der Waals surface area contributed by atoms with Crippen LogP contribution in [0.3, 0.4) is 0 Å². The van der Waals surface area contributed by atoms with E-state index in [1.165, 1.54) is 6.34 Å². The monoisotopic (exact) mass is 421 g/mol. The molecule has 4 aromatic carbocycles. The molecule has 0 bridgehead atoms. The van der Waals surface area contributed by atoms with Gasteiger partial charge in [-0.25, -0.2) is 0 Å². The van der Waals surface area contributed by atoms with Crippen molar-refractivity contribution in [3.63, 3.8) is 0 Å².